The summed E-state index contributed by atoms with van der Waals surface area (Å²) in [5.41, 5.74) is 7.34. The van der Waals surface area contributed by atoms with Crippen LogP contribution in [0.3, 0.4) is 0 Å². The van der Waals surface area contributed by atoms with E-state index in [0.717, 1.165) is 17.7 Å². The lowest BCUT2D eigenvalue weighted by Crippen LogP contribution is -2.51. The molecule has 47 heavy (non-hydrogen) atoms. The van der Waals surface area contributed by atoms with Gasteiger partial charge in [-0.1, -0.05) is 36.0 Å². The number of hydrogen-bond acceptors (Lipinski definition) is 10. The molecule has 12 heteroatoms. The number of likely N-dealkylation sites (tertiary alicyclic amines) is 1. The van der Waals surface area contributed by atoms with E-state index in [1.807, 2.05) is 52.0 Å². The number of aliphatic hydroxyl groups is 1. The molecule has 2 aromatic carbocycles. The molecule has 0 aliphatic carbocycles. The maximum Gasteiger partial charge on any atom is 0.323 e. The molecule has 0 saturated carbocycles. The van der Waals surface area contributed by atoms with Gasteiger partial charge in [0.2, 0.25) is 0 Å². The van der Waals surface area contributed by atoms with Crippen LogP contribution in [0.4, 0.5) is 17.1 Å². The number of fused-ring (bicyclic) bond motifs is 1. The quantitative estimate of drug-likeness (QED) is 0.237. The normalized spacial score (nSPS) is 19.0. The van der Waals surface area contributed by atoms with Gasteiger partial charge in [0.05, 0.1) is 17.9 Å². The van der Waals surface area contributed by atoms with Crippen LogP contribution in [0.5, 0.6) is 0 Å². The average molecular weight is 655 g/mol. The highest BCUT2D eigenvalue weighted by atomic mass is 32.2. The summed E-state index contributed by atoms with van der Waals surface area (Å²) in [6.07, 6.45) is 1.56. The molecule has 4 heterocycles. The van der Waals surface area contributed by atoms with Gasteiger partial charge in [0.15, 0.2) is 5.92 Å². The fourth-order valence-corrected chi connectivity index (χ4v) is 6.61. The molecule has 1 saturated heterocycles. The summed E-state index contributed by atoms with van der Waals surface area (Å²) in [5, 5.41) is 13.9. The second-order valence-electron chi connectivity index (χ2n) is 13.3. The molecule has 3 aliphatic rings. The van der Waals surface area contributed by atoms with Gasteiger partial charge >= 0.3 is 5.97 Å². The van der Waals surface area contributed by atoms with Gasteiger partial charge in [0.25, 0.3) is 11.8 Å². The smallest absolute Gasteiger partial charge is 0.323 e. The molecule has 1 atom stereocenters. The van der Waals surface area contributed by atoms with E-state index < -0.39 is 29.3 Å². The van der Waals surface area contributed by atoms with Crippen LogP contribution in [0.15, 0.2) is 93.0 Å². The minimum absolute atomic E-state index is 0.0780. The molecular formula is C35H38N6O5S. The van der Waals surface area contributed by atoms with E-state index in [2.05, 4.69) is 10.2 Å². The van der Waals surface area contributed by atoms with Gasteiger partial charge in [-0.25, -0.2) is 9.98 Å². The molecule has 1 unspecified atom stereocenters. The number of amidine groups is 1. The number of para-hydroxylation sites is 1. The molecule has 0 bridgehead atoms. The number of carbonyl (C=O) groups excluding carboxylic acids is 3. The number of hydrogen-bond donors (Lipinski definition) is 3. The average Bonchev–Trinajstić information content (AvgIpc) is 3.53. The minimum Gasteiger partial charge on any atom is -0.509 e. The number of anilines is 2. The van der Waals surface area contributed by atoms with Crippen LogP contribution in [-0.2, 0) is 19.1 Å². The summed E-state index contributed by atoms with van der Waals surface area (Å²) in [4.78, 5) is 53.7. The Labute approximate surface area is 277 Å². The molecule has 0 spiro atoms. The maximum absolute atomic E-state index is 13.6. The maximum atomic E-state index is 13.6. The van der Waals surface area contributed by atoms with E-state index in [0.29, 0.717) is 46.7 Å². The number of piperidine rings is 1. The Hall–Kier alpha value is -4.68. The lowest BCUT2D eigenvalue weighted by Gasteiger charge is -2.39. The molecule has 2 amide bonds. The topological polar surface area (TPSA) is 150 Å². The Balaban J connectivity index is 1.19. The number of amides is 2. The highest BCUT2D eigenvalue weighted by Gasteiger charge is 2.42. The summed E-state index contributed by atoms with van der Waals surface area (Å²) in [7, 11) is 0. The molecule has 4 N–H and O–H groups in total. The summed E-state index contributed by atoms with van der Waals surface area (Å²) < 4.78 is 5.83. The van der Waals surface area contributed by atoms with Crippen LogP contribution < -0.4 is 16.0 Å². The van der Waals surface area contributed by atoms with Crippen molar-refractivity contribution in [2.75, 3.05) is 29.9 Å². The van der Waals surface area contributed by atoms with E-state index in [1.165, 1.54) is 16.7 Å². The van der Waals surface area contributed by atoms with Crippen LogP contribution >= 0.6 is 11.8 Å². The highest BCUT2D eigenvalue weighted by molar-refractivity contribution is 7.99. The first-order valence-electron chi connectivity index (χ1n) is 15.5. The molecule has 1 aromatic heterocycles. The largest absolute Gasteiger partial charge is 0.509 e. The lowest BCUT2D eigenvalue weighted by atomic mass is 9.90. The molecular weight excluding hydrogens is 616 g/mol. The van der Waals surface area contributed by atoms with Crippen molar-refractivity contribution in [3.8, 4) is 0 Å². The van der Waals surface area contributed by atoms with Crippen LogP contribution in [0.25, 0.3) is 0 Å². The molecule has 0 radical (unpaired) electrons. The van der Waals surface area contributed by atoms with Gasteiger partial charge in [0, 0.05) is 34.9 Å². The van der Waals surface area contributed by atoms with Crippen molar-refractivity contribution in [1.82, 2.24) is 9.88 Å². The number of carbonyl (C=O) groups is 3. The van der Waals surface area contributed by atoms with E-state index in [4.69, 9.17) is 20.4 Å². The number of nitrogens with zero attached hydrogens (tertiary/aromatic N) is 4. The summed E-state index contributed by atoms with van der Waals surface area (Å²) in [5.74, 6) is -2.08. The molecule has 3 aromatic rings. The fraction of sp³-hybridized carbons (Fsp3) is 0.343. The number of aliphatic imine (C=N–C) groups is 1. The summed E-state index contributed by atoms with van der Waals surface area (Å²) in [6, 6.07) is 19.7. The molecule has 11 nitrogen and oxygen atoms in total. The van der Waals surface area contributed by atoms with Crippen LogP contribution in [0, 0.1) is 0 Å². The Morgan fingerprint density at radius 2 is 1.79 bits per heavy atom. The van der Waals surface area contributed by atoms with Gasteiger partial charge in [0.1, 0.15) is 27.8 Å². The van der Waals surface area contributed by atoms with Crippen LogP contribution in [0.1, 0.15) is 52.1 Å². The second kappa shape index (κ2) is 12.5. The van der Waals surface area contributed by atoms with Crippen molar-refractivity contribution < 1.29 is 24.2 Å². The van der Waals surface area contributed by atoms with E-state index in [-0.39, 0.29) is 23.4 Å². The molecule has 3 aliphatic heterocycles. The van der Waals surface area contributed by atoms with Gasteiger partial charge in [-0.2, -0.15) is 0 Å². The number of rotatable bonds is 6. The lowest BCUT2D eigenvalue weighted by molar-refractivity contribution is -0.155. The van der Waals surface area contributed by atoms with Crippen molar-refractivity contribution >= 4 is 52.4 Å². The standard InChI is InChI=1S/C35H38N6O5S/c1-34(2,3)46-33(45)28-29-24(38-30(28)40-17-15-35(4,36)16-18-40)13-14-26(39-29)47-23-12-8-9-21(19-23)37-31(43)27-25(42)20-41(32(27)44)22-10-6-5-7-11-22/h5-14,19,28,42H,15-18,20,36H2,1-4H3,(H,37,43). The predicted molar refractivity (Wildman–Crippen MR) is 181 cm³/mol. The zero-order valence-corrected chi connectivity index (χ0v) is 27.6. The van der Waals surface area contributed by atoms with Crippen LogP contribution in [-0.4, -0.2) is 69.4 Å². The molecule has 1 fully saturated rings. The zero-order chi connectivity index (χ0) is 33.5. The number of esters is 1. The molecule has 244 valence electrons. The number of ether oxygens (including phenoxy) is 1. The van der Waals surface area contributed by atoms with Crippen molar-refractivity contribution in [3.63, 3.8) is 0 Å². The van der Waals surface area contributed by atoms with E-state index in [1.54, 1.807) is 42.5 Å². The summed E-state index contributed by atoms with van der Waals surface area (Å²) in [6.45, 7) is 8.84. The zero-order valence-electron chi connectivity index (χ0n) is 26.8. The first kappa shape index (κ1) is 32.3. The Bertz CT molecular complexity index is 1790. The third-order valence-electron chi connectivity index (χ3n) is 8.18. The first-order chi connectivity index (χ1) is 22.3. The van der Waals surface area contributed by atoms with Gasteiger partial charge in [-0.15, -0.1) is 0 Å². The van der Waals surface area contributed by atoms with Crippen molar-refractivity contribution in [2.45, 2.75) is 67.5 Å². The first-order valence-corrected chi connectivity index (χ1v) is 16.3. The number of aliphatic hydroxyl groups excluding tert-OH is 1. The van der Waals surface area contributed by atoms with Crippen molar-refractivity contribution in [1.29, 1.82) is 0 Å². The van der Waals surface area contributed by atoms with Crippen LogP contribution in [0.2, 0.25) is 0 Å². The summed E-state index contributed by atoms with van der Waals surface area (Å²) >= 11 is 1.36. The number of benzene rings is 2. The Morgan fingerprint density at radius 1 is 1.06 bits per heavy atom. The Kier molecular flexibility index (Phi) is 8.58. The minimum atomic E-state index is -0.766. The number of pyridine rings is 1. The number of nitrogens with two attached hydrogens (primary N) is 1. The number of aromatic nitrogens is 1. The van der Waals surface area contributed by atoms with Gasteiger partial charge < -0.3 is 30.7 Å². The SMILES string of the molecule is CC1(N)CCN(C2=Nc3ccc(Sc4cccc(NC(=O)C5=C(O)CN(c6ccccc6)C5=O)c4)nc3C2C(=O)OC(C)(C)C)CC1. The second-order valence-corrected chi connectivity index (χ2v) is 14.4. The third kappa shape index (κ3) is 7.03. The monoisotopic (exact) mass is 654 g/mol. The van der Waals surface area contributed by atoms with Gasteiger partial charge in [-0.3, -0.25) is 14.4 Å². The van der Waals surface area contributed by atoms with Gasteiger partial charge in [-0.05, 0) is 83.0 Å². The fourth-order valence-electron chi connectivity index (χ4n) is 5.76. The van der Waals surface area contributed by atoms with Crippen molar-refractivity contribution in [2.24, 2.45) is 10.7 Å². The molecule has 6 rings (SSSR count). The third-order valence-corrected chi connectivity index (χ3v) is 9.11. The van der Waals surface area contributed by atoms with Crippen molar-refractivity contribution in [3.05, 3.63) is 83.8 Å². The Morgan fingerprint density at radius 3 is 2.49 bits per heavy atom. The number of nitrogens with one attached hydrogen (secondary N) is 1. The predicted octanol–water partition coefficient (Wildman–Crippen LogP) is 5.31. The van der Waals surface area contributed by atoms with E-state index in [9.17, 15) is 19.5 Å². The highest BCUT2D eigenvalue weighted by Crippen LogP contribution is 2.40. The van der Waals surface area contributed by atoms with E-state index >= 15 is 0 Å².